The quantitative estimate of drug-likeness (QED) is 0.485. The average molecular weight is 106 g/mol. The van der Waals surface area contributed by atoms with Crippen molar-refractivity contribution >= 4 is 6.04 Å². The summed E-state index contributed by atoms with van der Waals surface area (Å²) < 4.78 is 21.9. The van der Waals surface area contributed by atoms with Crippen molar-refractivity contribution in [3.8, 4) is 0 Å². The summed E-state index contributed by atoms with van der Waals surface area (Å²) in [5.41, 5.74) is 0. The minimum atomic E-state index is -1.52. The van der Waals surface area contributed by atoms with Gasteiger partial charge in [0.25, 0.3) is 0 Å². The minimum absolute atomic E-state index is 0.136. The Kier molecular flexibility index (Phi) is 3.10. The first-order valence-corrected chi connectivity index (χ1v) is 1.71. The number of allylic oxidation sites excluding steroid dienone is 1. The molecule has 0 saturated carbocycles. The van der Waals surface area contributed by atoms with Crippen LogP contribution in [0.3, 0.4) is 0 Å². The molecule has 0 aromatic rings. The maximum Gasteiger partial charge on any atom is 0.305 e. The van der Waals surface area contributed by atoms with E-state index in [1.165, 1.54) is 0 Å². The highest BCUT2D eigenvalue weighted by molar-refractivity contribution is 5.69. The van der Waals surface area contributed by atoms with Crippen LogP contribution in [0, 0.1) is 0 Å². The van der Waals surface area contributed by atoms with Crippen LogP contribution in [-0.2, 0) is 4.79 Å². The molecule has 40 valence electrons. The lowest BCUT2D eigenvalue weighted by atomic mass is 10.5. The normalized spacial score (nSPS) is 10.0. The Hall–Kier alpha value is -0.730. The molecule has 0 aromatic carbocycles. The third-order valence-electron chi connectivity index (χ3n) is 0.367. The van der Waals surface area contributed by atoms with E-state index in [1.54, 1.807) is 0 Å². The second-order valence-electron chi connectivity index (χ2n) is 0.921. The molecule has 0 radical (unpaired) electrons. The Labute approximate surface area is 39.6 Å². The topological polar surface area (TPSA) is 17.1 Å². The number of hydrogen-bond donors (Lipinski definition) is 0. The van der Waals surface area contributed by atoms with Gasteiger partial charge in [-0.1, -0.05) is 0 Å². The summed E-state index contributed by atoms with van der Waals surface area (Å²) in [5, 5.41) is 0. The van der Waals surface area contributed by atoms with Crippen molar-refractivity contribution in [1.29, 1.82) is 0 Å². The SMILES string of the molecule is O=C(F)CC=CF. The van der Waals surface area contributed by atoms with E-state index < -0.39 is 12.5 Å². The third-order valence-corrected chi connectivity index (χ3v) is 0.367. The zero-order valence-corrected chi connectivity index (χ0v) is 3.53. The van der Waals surface area contributed by atoms with E-state index in [4.69, 9.17) is 0 Å². The standard InChI is InChI=1S/C4H4F2O/c5-3-1-2-4(6)7/h1,3H,2H2. The van der Waals surface area contributed by atoms with Crippen LogP contribution in [0.5, 0.6) is 0 Å². The summed E-state index contributed by atoms with van der Waals surface area (Å²) in [6.07, 6.45) is 0.482. The number of hydrogen-bond acceptors (Lipinski definition) is 1. The fraction of sp³-hybridized carbons (Fsp3) is 0.250. The molecule has 0 aromatic heterocycles. The maximum atomic E-state index is 11.0. The zero-order valence-electron chi connectivity index (χ0n) is 3.53. The van der Waals surface area contributed by atoms with Gasteiger partial charge in [-0.15, -0.1) is 0 Å². The van der Waals surface area contributed by atoms with Crippen molar-refractivity contribution in [2.24, 2.45) is 0 Å². The monoisotopic (exact) mass is 106 g/mol. The number of halogens is 2. The van der Waals surface area contributed by atoms with E-state index in [0.717, 1.165) is 6.08 Å². The molecule has 0 amide bonds. The molecule has 0 spiro atoms. The first kappa shape index (κ1) is 6.27. The lowest BCUT2D eigenvalue weighted by Gasteiger charge is -1.72. The van der Waals surface area contributed by atoms with E-state index in [9.17, 15) is 13.6 Å². The molecule has 1 nitrogen and oxygen atoms in total. The molecule has 0 aliphatic carbocycles. The molecular weight excluding hydrogens is 102 g/mol. The van der Waals surface area contributed by atoms with E-state index >= 15 is 0 Å². The molecule has 7 heavy (non-hydrogen) atoms. The van der Waals surface area contributed by atoms with Gasteiger partial charge in [0.1, 0.15) is 0 Å². The van der Waals surface area contributed by atoms with Crippen molar-refractivity contribution in [2.45, 2.75) is 6.42 Å². The van der Waals surface area contributed by atoms with Crippen LogP contribution in [0.15, 0.2) is 12.4 Å². The molecule has 0 fully saturated rings. The van der Waals surface area contributed by atoms with Crippen molar-refractivity contribution in [1.82, 2.24) is 0 Å². The largest absolute Gasteiger partial charge is 0.305 e. The molecule has 0 heterocycles. The first-order valence-electron chi connectivity index (χ1n) is 1.71. The van der Waals surface area contributed by atoms with Gasteiger partial charge in [0.05, 0.1) is 12.8 Å². The van der Waals surface area contributed by atoms with Crippen LogP contribution in [0.4, 0.5) is 8.78 Å². The highest BCUT2D eigenvalue weighted by Gasteiger charge is 1.88. The fourth-order valence-corrected chi connectivity index (χ4v) is 0.137. The Balaban J connectivity index is 3.14. The third kappa shape index (κ3) is 5.27. The number of rotatable bonds is 2. The van der Waals surface area contributed by atoms with Crippen LogP contribution in [-0.4, -0.2) is 6.04 Å². The summed E-state index contributed by atoms with van der Waals surface area (Å²) in [7, 11) is 0. The van der Waals surface area contributed by atoms with Crippen molar-refractivity contribution in [3.05, 3.63) is 12.4 Å². The zero-order chi connectivity index (χ0) is 5.70. The second kappa shape index (κ2) is 3.46. The van der Waals surface area contributed by atoms with Crippen molar-refractivity contribution in [2.75, 3.05) is 0 Å². The molecule has 0 N–H and O–H groups in total. The predicted molar refractivity (Wildman–Crippen MR) is 21.0 cm³/mol. The Morgan fingerprint density at radius 1 is 1.71 bits per heavy atom. The Morgan fingerprint density at radius 3 is 2.43 bits per heavy atom. The predicted octanol–water partition coefficient (Wildman–Crippen LogP) is 1.36. The Bertz CT molecular complexity index is 87.7. The molecule has 0 aliphatic rings. The van der Waals surface area contributed by atoms with Gasteiger partial charge in [-0.05, 0) is 6.08 Å². The lowest BCUT2D eigenvalue weighted by molar-refractivity contribution is -0.128. The molecule has 0 saturated heterocycles. The van der Waals surface area contributed by atoms with Crippen molar-refractivity contribution in [3.63, 3.8) is 0 Å². The van der Waals surface area contributed by atoms with Crippen LogP contribution in [0.25, 0.3) is 0 Å². The summed E-state index contributed by atoms with van der Waals surface area (Å²) >= 11 is 0. The van der Waals surface area contributed by atoms with Gasteiger partial charge in [0, 0.05) is 0 Å². The molecule has 0 aliphatic heterocycles. The lowest BCUT2D eigenvalue weighted by Crippen LogP contribution is -1.79. The summed E-state index contributed by atoms with van der Waals surface area (Å²) in [5.74, 6) is 0. The van der Waals surface area contributed by atoms with E-state index in [1.807, 2.05) is 0 Å². The molecule has 0 atom stereocenters. The minimum Gasteiger partial charge on any atom is -0.261 e. The molecule has 3 heteroatoms. The van der Waals surface area contributed by atoms with Gasteiger partial charge in [0.15, 0.2) is 0 Å². The summed E-state index contributed by atoms with van der Waals surface area (Å²) in [4.78, 5) is 9.32. The highest BCUT2D eigenvalue weighted by atomic mass is 19.1. The van der Waals surface area contributed by atoms with Crippen LogP contribution in [0.1, 0.15) is 6.42 Å². The molecule has 0 unspecified atom stereocenters. The van der Waals surface area contributed by atoms with E-state index in [-0.39, 0.29) is 6.33 Å². The van der Waals surface area contributed by atoms with E-state index in [0.29, 0.717) is 0 Å². The second-order valence-corrected chi connectivity index (χ2v) is 0.921. The highest BCUT2D eigenvalue weighted by Crippen LogP contribution is 1.85. The fourth-order valence-electron chi connectivity index (χ4n) is 0.137. The van der Waals surface area contributed by atoms with Crippen LogP contribution >= 0.6 is 0 Å². The van der Waals surface area contributed by atoms with Crippen molar-refractivity contribution < 1.29 is 13.6 Å². The molecule has 0 bridgehead atoms. The van der Waals surface area contributed by atoms with Gasteiger partial charge in [-0.3, -0.25) is 4.79 Å². The Morgan fingerprint density at radius 2 is 2.29 bits per heavy atom. The molecule has 0 rings (SSSR count). The summed E-state index contributed by atoms with van der Waals surface area (Å²) in [6, 6.07) is -1.52. The van der Waals surface area contributed by atoms with Crippen LogP contribution in [0.2, 0.25) is 0 Å². The van der Waals surface area contributed by atoms with Gasteiger partial charge in [0.2, 0.25) is 0 Å². The van der Waals surface area contributed by atoms with E-state index in [2.05, 4.69) is 0 Å². The maximum absolute atomic E-state index is 11.0. The van der Waals surface area contributed by atoms with Gasteiger partial charge >= 0.3 is 6.04 Å². The smallest absolute Gasteiger partial charge is 0.261 e. The first-order chi connectivity index (χ1) is 3.27. The van der Waals surface area contributed by atoms with Gasteiger partial charge < -0.3 is 0 Å². The molecular formula is C4H4F2O. The average Bonchev–Trinajstić information content (AvgIpc) is 1.61. The summed E-state index contributed by atoms with van der Waals surface area (Å²) in [6.45, 7) is 0. The van der Waals surface area contributed by atoms with Gasteiger partial charge in [-0.25, -0.2) is 4.39 Å². The van der Waals surface area contributed by atoms with Crippen LogP contribution < -0.4 is 0 Å². The number of carbonyl (C=O) groups excluding carboxylic acids is 1. The number of carbonyl (C=O) groups is 1. The van der Waals surface area contributed by atoms with Gasteiger partial charge in [-0.2, -0.15) is 4.39 Å².